The SMILES string of the molecule is Cc1csc(CCCCNC(=O)CCCc2nc(-c3ccc(Cl)cc3)no2)n1. The highest BCUT2D eigenvalue weighted by Gasteiger charge is 2.09. The highest BCUT2D eigenvalue weighted by atomic mass is 35.5. The monoisotopic (exact) mass is 418 g/mol. The van der Waals surface area contributed by atoms with Crippen LogP contribution in [0.1, 0.15) is 42.3 Å². The van der Waals surface area contributed by atoms with Gasteiger partial charge in [0, 0.05) is 41.0 Å². The molecule has 3 rings (SSSR count). The van der Waals surface area contributed by atoms with E-state index in [1.807, 2.05) is 19.1 Å². The molecule has 0 radical (unpaired) electrons. The molecule has 148 valence electrons. The van der Waals surface area contributed by atoms with Gasteiger partial charge < -0.3 is 9.84 Å². The molecule has 0 aliphatic carbocycles. The molecular formula is C20H23ClN4O2S. The van der Waals surface area contributed by atoms with Gasteiger partial charge in [-0.25, -0.2) is 4.98 Å². The Hall–Kier alpha value is -2.25. The molecule has 1 amide bonds. The predicted molar refractivity (Wildman–Crippen MR) is 110 cm³/mol. The van der Waals surface area contributed by atoms with E-state index < -0.39 is 0 Å². The Bertz CT molecular complexity index is 892. The summed E-state index contributed by atoms with van der Waals surface area (Å²) in [6.07, 6.45) is 4.66. The number of unbranched alkanes of at least 4 members (excludes halogenated alkanes) is 1. The van der Waals surface area contributed by atoms with Crippen molar-refractivity contribution in [3.05, 3.63) is 51.3 Å². The van der Waals surface area contributed by atoms with Gasteiger partial charge >= 0.3 is 0 Å². The molecule has 0 aliphatic heterocycles. The van der Waals surface area contributed by atoms with Gasteiger partial charge in [0.05, 0.1) is 5.01 Å². The molecule has 2 aromatic heterocycles. The summed E-state index contributed by atoms with van der Waals surface area (Å²) in [7, 11) is 0. The number of nitrogens with zero attached hydrogens (tertiary/aromatic N) is 3. The van der Waals surface area contributed by atoms with Gasteiger partial charge in [0.2, 0.25) is 17.6 Å². The zero-order valence-electron chi connectivity index (χ0n) is 15.8. The summed E-state index contributed by atoms with van der Waals surface area (Å²) < 4.78 is 5.26. The molecule has 3 aromatic rings. The van der Waals surface area contributed by atoms with E-state index >= 15 is 0 Å². The number of carbonyl (C=O) groups excluding carboxylic acids is 1. The van der Waals surface area contributed by atoms with Crippen molar-refractivity contribution >= 4 is 28.8 Å². The second kappa shape index (κ2) is 10.3. The van der Waals surface area contributed by atoms with Gasteiger partial charge in [-0.05, 0) is 56.9 Å². The minimum absolute atomic E-state index is 0.0579. The summed E-state index contributed by atoms with van der Waals surface area (Å²) in [4.78, 5) is 20.7. The summed E-state index contributed by atoms with van der Waals surface area (Å²) >= 11 is 7.58. The van der Waals surface area contributed by atoms with E-state index in [-0.39, 0.29) is 5.91 Å². The van der Waals surface area contributed by atoms with Crippen LogP contribution in [0.5, 0.6) is 0 Å². The van der Waals surface area contributed by atoms with Crippen LogP contribution in [0.4, 0.5) is 0 Å². The fourth-order valence-corrected chi connectivity index (χ4v) is 3.65. The lowest BCUT2D eigenvalue weighted by atomic mass is 10.2. The summed E-state index contributed by atoms with van der Waals surface area (Å²) in [5.41, 5.74) is 1.93. The molecule has 0 atom stereocenters. The standard InChI is InChI=1S/C20H23ClN4O2S/c1-14-13-28-19(23-14)7-2-3-12-22-17(26)5-4-6-18-24-20(25-27-18)15-8-10-16(21)11-9-15/h8-11,13H,2-7,12H2,1H3,(H,22,26). The van der Waals surface area contributed by atoms with Gasteiger partial charge in [0.1, 0.15) is 0 Å². The van der Waals surface area contributed by atoms with Crippen LogP contribution >= 0.6 is 22.9 Å². The molecule has 1 aromatic carbocycles. The first kappa shape index (κ1) is 20.5. The van der Waals surface area contributed by atoms with Crippen LogP contribution in [0.2, 0.25) is 5.02 Å². The number of carbonyl (C=O) groups is 1. The van der Waals surface area contributed by atoms with E-state index in [4.69, 9.17) is 16.1 Å². The number of aryl methyl sites for hydroxylation is 3. The van der Waals surface area contributed by atoms with E-state index in [0.29, 0.717) is 42.5 Å². The van der Waals surface area contributed by atoms with Gasteiger partial charge in [-0.15, -0.1) is 11.3 Å². The third-order valence-corrected chi connectivity index (χ3v) is 5.45. The minimum atomic E-state index is 0.0579. The average Bonchev–Trinajstić information content (AvgIpc) is 3.31. The summed E-state index contributed by atoms with van der Waals surface area (Å²) in [5.74, 6) is 1.13. The summed E-state index contributed by atoms with van der Waals surface area (Å²) in [5, 5.41) is 10.8. The summed E-state index contributed by atoms with van der Waals surface area (Å²) in [6.45, 7) is 2.71. The van der Waals surface area contributed by atoms with Gasteiger partial charge in [-0.2, -0.15) is 4.98 Å². The van der Waals surface area contributed by atoms with E-state index in [1.165, 1.54) is 5.01 Å². The predicted octanol–water partition coefficient (Wildman–Crippen LogP) is 4.62. The number of thiazole rings is 1. The number of benzene rings is 1. The number of aromatic nitrogens is 3. The van der Waals surface area contributed by atoms with Crippen LogP contribution in [-0.4, -0.2) is 27.6 Å². The van der Waals surface area contributed by atoms with Crippen molar-refractivity contribution in [2.45, 2.75) is 45.4 Å². The number of nitrogens with one attached hydrogen (secondary N) is 1. The molecule has 1 N–H and O–H groups in total. The Morgan fingerprint density at radius 3 is 2.71 bits per heavy atom. The molecule has 0 saturated heterocycles. The highest BCUT2D eigenvalue weighted by molar-refractivity contribution is 7.09. The molecule has 6 nitrogen and oxygen atoms in total. The topological polar surface area (TPSA) is 80.9 Å². The lowest BCUT2D eigenvalue weighted by Crippen LogP contribution is -2.24. The third kappa shape index (κ3) is 6.42. The third-order valence-electron chi connectivity index (χ3n) is 4.17. The maximum Gasteiger partial charge on any atom is 0.226 e. The molecule has 28 heavy (non-hydrogen) atoms. The normalized spacial score (nSPS) is 10.9. The molecule has 0 fully saturated rings. The Labute approximate surface area is 173 Å². The quantitative estimate of drug-likeness (QED) is 0.486. The Kier molecular flexibility index (Phi) is 7.56. The highest BCUT2D eigenvalue weighted by Crippen LogP contribution is 2.19. The van der Waals surface area contributed by atoms with Crippen LogP contribution in [0.25, 0.3) is 11.4 Å². The number of hydrogen-bond donors (Lipinski definition) is 1. The molecule has 8 heteroatoms. The number of rotatable bonds is 10. The number of amides is 1. The molecule has 0 bridgehead atoms. The molecule has 0 spiro atoms. The number of hydrogen-bond acceptors (Lipinski definition) is 6. The zero-order chi connectivity index (χ0) is 19.8. The van der Waals surface area contributed by atoms with Crippen molar-refractivity contribution in [2.24, 2.45) is 0 Å². The van der Waals surface area contributed by atoms with Crippen LogP contribution in [0, 0.1) is 6.92 Å². The lowest BCUT2D eigenvalue weighted by molar-refractivity contribution is -0.121. The van der Waals surface area contributed by atoms with Crippen molar-refractivity contribution in [3.8, 4) is 11.4 Å². The molecule has 0 aliphatic rings. The zero-order valence-corrected chi connectivity index (χ0v) is 17.4. The first-order chi connectivity index (χ1) is 13.6. The van der Waals surface area contributed by atoms with Crippen molar-refractivity contribution < 1.29 is 9.32 Å². The van der Waals surface area contributed by atoms with E-state index in [9.17, 15) is 4.79 Å². The minimum Gasteiger partial charge on any atom is -0.356 e. The van der Waals surface area contributed by atoms with Gasteiger partial charge in [-0.1, -0.05) is 16.8 Å². The second-order valence-corrected chi connectivity index (χ2v) is 7.94. The maximum atomic E-state index is 11.9. The van der Waals surface area contributed by atoms with Crippen LogP contribution in [0.3, 0.4) is 0 Å². The van der Waals surface area contributed by atoms with E-state index in [2.05, 4.69) is 25.8 Å². The van der Waals surface area contributed by atoms with E-state index in [1.54, 1.807) is 23.5 Å². The Morgan fingerprint density at radius 2 is 1.96 bits per heavy atom. The molecule has 2 heterocycles. The lowest BCUT2D eigenvalue weighted by Gasteiger charge is -2.04. The number of halogens is 1. The maximum absolute atomic E-state index is 11.9. The van der Waals surface area contributed by atoms with Crippen LogP contribution in [-0.2, 0) is 17.6 Å². The van der Waals surface area contributed by atoms with Gasteiger partial charge in [0.15, 0.2) is 0 Å². The van der Waals surface area contributed by atoms with Gasteiger partial charge in [-0.3, -0.25) is 4.79 Å². The fraction of sp³-hybridized carbons (Fsp3) is 0.400. The average molecular weight is 419 g/mol. The first-order valence-corrected chi connectivity index (χ1v) is 10.6. The fourth-order valence-electron chi connectivity index (χ4n) is 2.71. The first-order valence-electron chi connectivity index (χ1n) is 9.36. The van der Waals surface area contributed by atoms with Gasteiger partial charge in [0.25, 0.3) is 0 Å². The molecular weight excluding hydrogens is 396 g/mol. The molecule has 0 unspecified atom stereocenters. The smallest absolute Gasteiger partial charge is 0.226 e. The van der Waals surface area contributed by atoms with E-state index in [0.717, 1.165) is 30.5 Å². The summed E-state index contributed by atoms with van der Waals surface area (Å²) in [6, 6.07) is 7.27. The van der Waals surface area contributed by atoms with Crippen molar-refractivity contribution in [2.75, 3.05) is 6.54 Å². The Balaban J connectivity index is 1.29. The van der Waals surface area contributed by atoms with Crippen LogP contribution < -0.4 is 5.32 Å². The van der Waals surface area contributed by atoms with Crippen molar-refractivity contribution in [3.63, 3.8) is 0 Å². The van der Waals surface area contributed by atoms with Crippen molar-refractivity contribution in [1.82, 2.24) is 20.4 Å². The Morgan fingerprint density at radius 1 is 1.14 bits per heavy atom. The molecule has 0 saturated carbocycles. The largest absolute Gasteiger partial charge is 0.356 e. The van der Waals surface area contributed by atoms with Crippen molar-refractivity contribution in [1.29, 1.82) is 0 Å². The second-order valence-electron chi connectivity index (χ2n) is 6.56. The van der Waals surface area contributed by atoms with Crippen LogP contribution in [0.15, 0.2) is 34.2 Å².